The van der Waals surface area contributed by atoms with Crippen LogP contribution in [0.4, 0.5) is 5.82 Å². The molecule has 0 bridgehead atoms. The summed E-state index contributed by atoms with van der Waals surface area (Å²) in [5.41, 5.74) is 8.41. The van der Waals surface area contributed by atoms with Crippen molar-refractivity contribution < 1.29 is 4.79 Å². The number of anilines is 1. The molecule has 4 N–H and O–H groups in total. The summed E-state index contributed by atoms with van der Waals surface area (Å²) in [6.07, 6.45) is 2.57. The van der Waals surface area contributed by atoms with E-state index in [1.54, 1.807) is 0 Å². The third kappa shape index (κ3) is 3.64. The number of amides is 1. The number of nitrogens with one attached hydrogen (secondary N) is 2. The number of hydrogen-bond acceptors (Lipinski definition) is 3. The quantitative estimate of drug-likeness (QED) is 0.734. The van der Waals surface area contributed by atoms with Crippen molar-refractivity contribution in [2.75, 3.05) is 5.32 Å². The zero-order valence-electron chi connectivity index (χ0n) is 11.1. The fourth-order valence-corrected chi connectivity index (χ4v) is 1.94. The average molecular weight is 288 g/mol. The standard InChI is InChI=1S/C14H16N4OS/c1-9-2-4-10(5-3-9)6-7-12(19)17-14-11(13(15)20)8-16-18-14/h2-5,8H,6-7H2,1H3,(H2,15,20)(H2,16,17,18,19). The Labute approximate surface area is 122 Å². The minimum atomic E-state index is -0.104. The smallest absolute Gasteiger partial charge is 0.225 e. The number of rotatable bonds is 5. The van der Waals surface area contributed by atoms with Gasteiger partial charge in [0.05, 0.1) is 11.8 Å². The van der Waals surface area contributed by atoms with Crippen LogP contribution in [0.5, 0.6) is 0 Å². The summed E-state index contributed by atoms with van der Waals surface area (Å²) in [5, 5.41) is 9.22. The SMILES string of the molecule is Cc1ccc(CCC(=O)Nc2[nH]ncc2C(N)=S)cc1. The molecule has 6 heteroatoms. The van der Waals surface area contributed by atoms with E-state index in [2.05, 4.69) is 15.5 Å². The molecule has 0 aliphatic rings. The fourth-order valence-electron chi connectivity index (χ4n) is 1.78. The van der Waals surface area contributed by atoms with Crippen LogP contribution in [-0.2, 0) is 11.2 Å². The highest BCUT2D eigenvalue weighted by molar-refractivity contribution is 7.80. The van der Waals surface area contributed by atoms with Gasteiger partial charge in [-0.15, -0.1) is 0 Å². The number of nitrogens with two attached hydrogens (primary N) is 1. The number of carbonyl (C=O) groups excluding carboxylic acids is 1. The highest BCUT2D eigenvalue weighted by atomic mass is 32.1. The lowest BCUT2D eigenvalue weighted by molar-refractivity contribution is -0.116. The molecule has 0 aliphatic heterocycles. The summed E-state index contributed by atoms with van der Waals surface area (Å²) in [4.78, 5) is 12.1. The first-order chi connectivity index (χ1) is 9.56. The molecule has 2 rings (SSSR count). The zero-order valence-corrected chi connectivity index (χ0v) is 12.0. The average Bonchev–Trinajstić information content (AvgIpc) is 2.86. The number of nitrogens with zero attached hydrogens (tertiary/aromatic N) is 1. The van der Waals surface area contributed by atoms with Gasteiger partial charge >= 0.3 is 0 Å². The van der Waals surface area contributed by atoms with Gasteiger partial charge in [-0.05, 0) is 18.9 Å². The maximum absolute atomic E-state index is 11.9. The van der Waals surface area contributed by atoms with Crippen molar-refractivity contribution in [2.24, 2.45) is 5.73 Å². The van der Waals surface area contributed by atoms with E-state index in [0.29, 0.717) is 24.2 Å². The molecular weight excluding hydrogens is 272 g/mol. The van der Waals surface area contributed by atoms with Crippen LogP contribution in [0.2, 0.25) is 0 Å². The minimum Gasteiger partial charge on any atom is -0.389 e. The minimum absolute atomic E-state index is 0.104. The van der Waals surface area contributed by atoms with Crippen LogP contribution in [0.3, 0.4) is 0 Å². The maximum Gasteiger partial charge on any atom is 0.225 e. The fraction of sp³-hybridized carbons (Fsp3) is 0.214. The molecule has 0 saturated carbocycles. The molecule has 0 spiro atoms. The van der Waals surface area contributed by atoms with Gasteiger partial charge in [-0.25, -0.2) is 0 Å². The van der Waals surface area contributed by atoms with Crippen molar-refractivity contribution in [3.8, 4) is 0 Å². The lowest BCUT2D eigenvalue weighted by atomic mass is 10.1. The van der Waals surface area contributed by atoms with Crippen LogP contribution in [0.25, 0.3) is 0 Å². The van der Waals surface area contributed by atoms with Gasteiger partial charge in [0.25, 0.3) is 0 Å². The second kappa shape index (κ2) is 6.29. The Balaban J connectivity index is 1.91. The summed E-state index contributed by atoms with van der Waals surface area (Å²) >= 11 is 4.88. The highest BCUT2D eigenvalue weighted by Gasteiger charge is 2.10. The molecule has 1 aromatic heterocycles. The van der Waals surface area contributed by atoms with Crippen molar-refractivity contribution >= 4 is 28.9 Å². The summed E-state index contributed by atoms with van der Waals surface area (Å²) in [6, 6.07) is 8.12. The topological polar surface area (TPSA) is 83.8 Å². The van der Waals surface area contributed by atoms with Crippen LogP contribution >= 0.6 is 12.2 Å². The van der Waals surface area contributed by atoms with Crippen molar-refractivity contribution in [1.82, 2.24) is 10.2 Å². The van der Waals surface area contributed by atoms with Gasteiger partial charge in [0.15, 0.2) is 0 Å². The lowest BCUT2D eigenvalue weighted by Gasteiger charge is -2.05. The Morgan fingerprint density at radius 3 is 2.75 bits per heavy atom. The first-order valence-electron chi connectivity index (χ1n) is 6.25. The van der Waals surface area contributed by atoms with E-state index in [1.165, 1.54) is 11.8 Å². The molecular formula is C14H16N4OS. The van der Waals surface area contributed by atoms with Crippen molar-refractivity contribution in [3.63, 3.8) is 0 Å². The lowest BCUT2D eigenvalue weighted by Crippen LogP contribution is -2.17. The van der Waals surface area contributed by atoms with Crippen LogP contribution in [0.1, 0.15) is 23.1 Å². The van der Waals surface area contributed by atoms with E-state index in [1.807, 2.05) is 31.2 Å². The monoisotopic (exact) mass is 288 g/mol. The Hall–Kier alpha value is -2.21. The molecule has 0 radical (unpaired) electrons. The summed E-state index contributed by atoms with van der Waals surface area (Å²) in [6.45, 7) is 2.03. The third-order valence-electron chi connectivity index (χ3n) is 2.93. The van der Waals surface area contributed by atoms with Crippen LogP contribution in [-0.4, -0.2) is 21.1 Å². The number of aromatic nitrogens is 2. The van der Waals surface area contributed by atoms with Crippen LogP contribution < -0.4 is 11.1 Å². The number of H-pyrrole nitrogens is 1. The molecule has 1 heterocycles. The molecule has 0 atom stereocenters. The molecule has 0 fully saturated rings. The molecule has 20 heavy (non-hydrogen) atoms. The van der Waals surface area contributed by atoms with Crippen molar-refractivity contribution in [2.45, 2.75) is 19.8 Å². The van der Waals surface area contributed by atoms with E-state index in [0.717, 1.165) is 5.56 Å². The van der Waals surface area contributed by atoms with Gasteiger partial charge < -0.3 is 11.1 Å². The highest BCUT2D eigenvalue weighted by Crippen LogP contribution is 2.12. The summed E-state index contributed by atoms with van der Waals surface area (Å²) < 4.78 is 0. The predicted octanol–water partition coefficient (Wildman–Crippen LogP) is 1.92. The maximum atomic E-state index is 11.9. The summed E-state index contributed by atoms with van der Waals surface area (Å²) in [7, 11) is 0. The molecule has 2 aromatic rings. The summed E-state index contributed by atoms with van der Waals surface area (Å²) in [5.74, 6) is 0.346. The number of thiocarbonyl (C=S) groups is 1. The second-order valence-corrected chi connectivity index (χ2v) is 5.00. The van der Waals surface area contributed by atoms with Gasteiger partial charge in [-0.2, -0.15) is 5.10 Å². The molecule has 1 aromatic carbocycles. The molecule has 0 unspecified atom stereocenters. The van der Waals surface area contributed by atoms with Gasteiger partial charge in [-0.3, -0.25) is 9.89 Å². The van der Waals surface area contributed by atoms with E-state index >= 15 is 0 Å². The molecule has 1 amide bonds. The molecule has 5 nitrogen and oxygen atoms in total. The van der Waals surface area contributed by atoms with E-state index in [4.69, 9.17) is 18.0 Å². The Bertz CT molecular complexity index is 618. The number of aromatic amines is 1. The number of hydrogen-bond donors (Lipinski definition) is 3. The van der Waals surface area contributed by atoms with E-state index in [-0.39, 0.29) is 10.9 Å². The first-order valence-corrected chi connectivity index (χ1v) is 6.65. The number of benzene rings is 1. The Kier molecular flexibility index (Phi) is 4.47. The van der Waals surface area contributed by atoms with E-state index in [9.17, 15) is 4.79 Å². The Morgan fingerprint density at radius 1 is 1.40 bits per heavy atom. The molecule has 0 aliphatic carbocycles. The van der Waals surface area contributed by atoms with Crippen molar-refractivity contribution in [3.05, 3.63) is 47.2 Å². The van der Waals surface area contributed by atoms with Crippen molar-refractivity contribution in [1.29, 1.82) is 0 Å². The molecule has 104 valence electrons. The number of carbonyl (C=O) groups is 1. The molecule has 0 saturated heterocycles. The predicted molar refractivity (Wildman–Crippen MR) is 82.6 cm³/mol. The third-order valence-corrected chi connectivity index (χ3v) is 3.15. The van der Waals surface area contributed by atoms with Crippen LogP contribution in [0, 0.1) is 6.92 Å². The van der Waals surface area contributed by atoms with Gasteiger partial charge in [0.2, 0.25) is 5.91 Å². The first kappa shape index (κ1) is 14.2. The largest absolute Gasteiger partial charge is 0.389 e. The van der Waals surface area contributed by atoms with Gasteiger partial charge in [0, 0.05) is 6.42 Å². The normalized spacial score (nSPS) is 10.2. The van der Waals surface area contributed by atoms with Gasteiger partial charge in [-0.1, -0.05) is 42.0 Å². The second-order valence-electron chi connectivity index (χ2n) is 4.56. The van der Waals surface area contributed by atoms with Crippen LogP contribution in [0.15, 0.2) is 30.5 Å². The Morgan fingerprint density at radius 2 is 2.10 bits per heavy atom. The van der Waals surface area contributed by atoms with Gasteiger partial charge in [0.1, 0.15) is 10.8 Å². The zero-order chi connectivity index (χ0) is 14.5. The number of aryl methyl sites for hydroxylation is 2. The van der Waals surface area contributed by atoms with E-state index < -0.39 is 0 Å².